The second-order valence-electron chi connectivity index (χ2n) is 14.4. The number of rotatable bonds is 6. The average Bonchev–Trinajstić information content (AvgIpc) is 3.76. The van der Waals surface area contributed by atoms with E-state index in [0.717, 1.165) is 55.6 Å². The lowest BCUT2D eigenvalue weighted by atomic mass is 9.82. The van der Waals surface area contributed by atoms with Gasteiger partial charge in [0.15, 0.2) is 5.58 Å². The van der Waals surface area contributed by atoms with Gasteiger partial charge in [0.25, 0.3) is 0 Å². The molecule has 0 amide bonds. The summed E-state index contributed by atoms with van der Waals surface area (Å²) in [7, 11) is 0. The van der Waals surface area contributed by atoms with E-state index < -0.39 is 0 Å². The fourth-order valence-electron chi connectivity index (χ4n) is 8.29. The predicted octanol–water partition coefficient (Wildman–Crippen LogP) is 13.8. The Morgan fingerprint density at radius 3 is 1.87 bits per heavy atom. The molecule has 252 valence electrons. The molecule has 0 unspecified atom stereocenters. The SMILES string of the molecule is CC1(C)c2ccccc2-c2cc(N(c3ccc(-c4cccc5c4ccc4nc(-c6ccccc6)oc45)cc3)c3ccccc3-c3ccccc3)ccc21. The number of aromatic nitrogens is 1. The van der Waals surface area contributed by atoms with Crippen LogP contribution in [0.2, 0.25) is 0 Å². The predicted molar refractivity (Wildman–Crippen MR) is 220 cm³/mol. The van der Waals surface area contributed by atoms with Crippen molar-refractivity contribution in [3.63, 3.8) is 0 Å². The Bertz CT molecular complexity index is 2800. The van der Waals surface area contributed by atoms with E-state index in [0.29, 0.717) is 5.89 Å². The van der Waals surface area contributed by atoms with E-state index in [9.17, 15) is 0 Å². The summed E-state index contributed by atoms with van der Waals surface area (Å²) < 4.78 is 6.40. The number of oxazole rings is 1. The molecule has 53 heavy (non-hydrogen) atoms. The maximum absolute atomic E-state index is 6.40. The van der Waals surface area contributed by atoms with Gasteiger partial charge in [-0.25, -0.2) is 4.98 Å². The highest BCUT2D eigenvalue weighted by Crippen LogP contribution is 2.51. The highest BCUT2D eigenvalue weighted by Gasteiger charge is 2.35. The summed E-state index contributed by atoms with van der Waals surface area (Å²) in [6.45, 7) is 4.67. The molecular formula is C50H36N2O. The molecule has 0 fully saturated rings. The van der Waals surface area contributed by atoms with Crippen LogP contribution in [0.1, 0.15) is 25.0 Å². The first-order valence-corrected chi connectivity index (χ1v) is 18.2. The molecule has 0 radical (unpaired) electrons. The van der Waals surface area contributed by atoms with E-state index in [1.807, 2.05) is 30.3 Å². The minimum Gasteiger partial charge on any atom is -0.435 e. The summed E-state index contributed by atoms with van der Waals surface area (Å²) in [6, 6.07) is 65.0. The molecule has 0 bridgehead atoms. The van der Waals surface area contributed by atoms with Gasteiger partial charge in [-0.15, -0.1) is 0 Å². The molecule has 1 aliphatic rings. The summed E-state index contributed by atoms with van der Waals surface area (Å²) in [4.78, 5) is 7.23. The van der Waals surface area contributed by atoms with Crippen LogP contribution in [0.4, 0.5) is 17.1 Å². The van der Waals surface area contributed by atoms with Gasteiger partial charge in [0.05, 0.1) is 5.69 Å². The quantitative estimate of drug-likeness (QED) is 0.175. The standard InChI is InChI=1S/C50H36N2O/c1-50(2)44-22-11-9-19-41(44)43-32-37(28-30-45(43)50)52(47-23-12-10-18-39(47)33-14-5-3-6-15-33)36-26-24-34(25-27-36)38-20-13-21-42-40(38)29-31-46-48(42)53-49(51-46)35-16-7-4-8-17-35/h3-32H,1-2H3. The minimum atomic E-state index is -0.0578. The number of nitrogens with zero attached hydrogens (tertiary/aromatic N) is 2. The zero-order valence-electron chi connectivity index (χ0n) is 29.6. The van der Waals surface area contributed by atoms with Crippen molar-refractivity contribution < 1.29 is 4.42 Å². The summed E-state index contributed by atoms with van der Waals surface area (Å²) in [6.07, 6.45) is 0. The van der Waals surface area contributed by atoms with Gasteiger partial charge in [-0.3, -0.25) is 0 Å². The van der Waals surface area contributed by atoms with Gasteiger partial charge < -0.3 is 9.32 Å². The summed E-state index contributed by atoms with van der Waals surface area (Å²) in [5, 5.41) is 2.19. The fourth-order valence-corrected chi connectivity index (χ4v) is 8.29. The molecule has 1 heterocycles. The van der Waals surface area contributed by atoms with Crippen molar-refractivity contribution in [2.24, 2.45) is 0 Å². The van der Waals surface area contributed by atoms with Gasteiger partial charge in [-0.05, 0) is 92.9 Å². The molecule has 1 aliphatic carbocycles. The maximum atomic E-state index is 6.40. The van der Waals surface area contributed by atoms with Crippen LogP contribution in [-0.4, -0.2) is 4.98 Å². The maximum Gasteiger partial charge on any atom is 0.227 e. The van der Waals surface area contributed by atoms with Crippen molar-refractivity contribution in [3.8, 4) is 44.8 Å². The second kappa shape index (κ2) is 12.2. The van der Waals surface area contributed by atoms with Crippen LogP contribution in [-0.2, 0) is 5.41 Å². The number of para-hydroxylation sites is 1. The topological polar surface area (TPSA) is 29.3 Å². The Morgan fingerprint density at radius 1 is 0.453 bits per heavy atom. The van der Waals surface area contributed by atoms with Crippen LogP contribution in [0.3, 0.4) is 0 Å². The molecule has 0 saturated heterocycles. The lowest BCUT2D eigenvalue weighted by Gasteiger charge is -2.29. The summed E-state index contributed by atoms with van der Waals surface area (Å²) in [5.41, 5.74) is 15.9. The molecule has 0 N–H and O–H groups in total. The first-order valence-electron chi connectivity index (χ1n) is 18.2. The molecule has 3 nitrogen and oxygen atoms in total. The molecule has 8 aromatic carbocycles. The van der Waals surface area contributed by atoms with Crippen LogP contribution < -0.4 is 4.90 Å². The first-order chi connectivity index (χ1) is 26.0. The summed E-state index contributed by atoms with van der Waals surface area (Å²) >= 11 is 0. The Labute approximate surface area is 309 Å². The van der Waals surface area contributed by atoms with Gasteiger partial charge in [-0.2, -0.15) is 0 Å². The first kappa shape index (κ1) is 31.1. The van der Waals surface area contributed by atoms with Gasteiger partial charge in [0.1, 0.15) is 5.52 Å². The van der Waals surface area contributed by atoms with Gasteiger partial charge in [0, 0.05) is 33.3 Å². The fraction of sp³-hybridized carbons (Fsp3) is 0.0600. The van der Waals surface area contributed by atoms with Crippen LogP contribution >= 0.6 is 0 Å². The molecule has 3 heteroatoms. The van der Waals surface area contributed by atoms with Crippen LogP contribution in [0.25, 0.3) is 66.7 Å². The second-order valence-corrected chi connectivity index (χ2v) is 14.4. The number of anilines is 3. The van der Waals surface area contributed by atoms with Crippen molar-refractivity contribution in [1.82, 2.24) is 4.98 Å². The minimum absolute atomic E-state index is 0.0578. The molecule has 10 rings (SSSR count). The van der Waals surface area contributed by atoms with Crippen LogP contribution in [0.5, 0.6) is 0 Å². The Hall–Kier alpha value is -6.71. The summed E-state index contributed by atoms with van der Waals surface area (Å²) in [5.74, 6) is 0.636. The molecule has 1 aromatic heterocycles. The third-order valence-corrected chi connectivity index (χ3v) is 10.9. The molecule has 9 aromatic rings. The van der Waals surface area contributed by atoms with E-state index in [4.69, 9.17) is 9.40 Å². The van der Waals surface area contributed by atoms with Gasteiger partial charge >= 0.3 is 0 Å². The van der Waals surface area contributed by atoms with Crippen molar-refractivity contribution in [1.29, 1.82) is 0 Å². The smallest absolute Gasteiger partial charge is 0.227 e. The van der Waals surface area contributed by atoms with Crippen molar-refractivity contribution in [2.45, 2.75) is 19.3 Å². The third-order valence-electron chi connectivity index (χ3n) is 10.9. The highest BCUT2D eigenvalue weighted by atomic mass is 16.3. The Balaban J connectivity index is 1.11. The lowest BCUT2D eigenvalue weighted by molar-refractivity contribution is 0.623. The number of fused-ring (bicyclic) bond motifs is 6. The van der Waals surface area contributed by atoms with E-state index in [1.54, 1.807) is 0 Å². The molecule has 0 spiro atoms. The zero-order valence-corrected chi connectivity index (χ0v) is 29.6. The number of benzene rings is 8. The third kappa shape index (κ3) is 5.08. The number of hydrogen-bond acceptors (Lipinski definition) is 3. The van der Waals surface area contributed by atoms with Crippen molar-refractivity contribution >= 4 is 38.9 Å². The molecule has 0 atom stereocenters. The average molecular weight is 681 g/mol. The van der Waals surface area contributed by atoms with Crippen molar-refractivity contribution in [3.05, 3.63) is 193 Å². The zero-order chi connectivity index (χ0) is 35.5. The van der Waals surface area contributed by atoms with Crippen LogP contribution in [0, 0.1) is 0 Å². The van der Waals surface area contributed by atoms with E-state index in [1.165, 1.54) is 33.4 Å². The van der Waals surface area contributed by atoms with Gasteiger partial charge in [-0.1, -0.05) is 147 Å². The highest BCUT2D eigenvalue weighted by molar-refractivity contribution is 6.09. The van der Waals surface area contributed by atoms with E-state index in [2.05, 4.69) is 170 Å². The van der Waals surface area contributed by atoms with Gasteiger partial charge in [0.2, 0.25) is 5.89 Å². The van der Waals surface area contributed by atoms with E-state index >= 15 is 0 Å². The Morgan fingerprint density at radius 2 is 1.08 bits per heavy atom. The molecular weight excluding hydrogens is 645 g/mol. The van der Waals surface area contributed by atoms with E-state index in [-0.39, 0.29) is 5.41 Å². The monoisotopic (exact) mass is 680 g/mol. The van der Waals surface area contributed by atoms with Crippen LogP contribution in [0.15, 0.2) is 186 Å². The number of hydrogen-bond donors (Lipinski definition) is 0. The largest absolute Gasteiger partial charge is 0.435 e. The lowest BCUT2D eigenvalue weighted by Crippen LogP contribution is -2.15. The van der Waals surface area contributed by atoms with Crippen molar-refractivity contribution in [2.75, 3.05) is 4.90 Å². The Kier molecular flexibility index (Phi) is 7.16. The molecule has 0 aliphatic heterocycles. The molecule has 0 saturated carbocycles. The normalized spacial score (nSPS) is 12.9.